The van der Waals surface area contributed by atoms with Crippen LogP contribution in [0.4, 0.5) is 5.95 Å². The lowest BCUT2D eigenvalue weighted by atomic mass is 9.84. The fraction of sp³-hybridized carbons (Fsp3) is 0.474. The smallest absolute Gasteiger partial charge is 0.259 e. The largest absolute Gasteiger partial charge is 0.619 e. The van der Waals surface area contributed by atoms with Crippen molar-refractivity contribution in [3.8, 4) is 0 Å². The number of pyridine rings is 1. The van der Waals surface area contributed by atoms with Crippen LogP contribution in [0.15, 0.2) is 43.0 Å². The maximum Gasteiger partial charge on any atom is 0.259 e. The summed E-state index contributed by atoms with van der Waals surface area (Å²) in [5, 5.41) is 11.4. The van der Waals surface area contributed by atoms with Crippen LogP contribution in [0.5, 0.6) is 0 Å². The Kier molecular flexibility index (Phi) is 4.69. The van der Waals surface area contributed by atoms with Crippen LogP contribution in [0.1, 0.15) is 29.6 Å². The Morgan fingerprint density at radius 3 is 2.54 bits per heavy atom. The van der Waals surface area contributed by atoms with Gasteiger partial charge in [-0.05, 0) is 43.2 Å². The SMILES string of the molecule is O=C(c1ccc[n+]([O-])c1)N1CC[C@@H](C2CCN(c3ncccn3)CC2)C1. The summed E-state index contributed by atoms with van der Waals surface area (Å²) in [6.45, 7) is 3.50. The molecule has 0 saturated carbocycles. The van der Waals surface area contributed by atoms with Gasteiger partial charge < -0.3 is 15.0 Å². The van der Waals surface area contributed by atoms with E-state index in [1.165, 1.54) is 12.4 Å². The summed E-state index contributed by atoms with van der Waals surface area (Å²) in [6, 6.07) is 5.17. The van der Waals surface area contributed by atoms with Crippen LogP contribution >= 0.6 is 0 Å². The van der Waals surface area contributed by atoms with Crippen molar-refractivity contribution in [1.82, 2.24) is 14.9 Å². The van der Waals surface area contributed by atoms with Gasteiger partial charge in [0.15, 0.2) is 12.4 Å². The van der Waals surface area contributed by atoms with E-state index in [1.54, 1.807) is 24.5 Å². The number of carbonyl (C=O) groups is 1. The van der Waals surface area contributed by atoms with E-state index >= 15 is 0 Å². The third kappa shape index (κ3) is 3.47. The summed E-state index contributed by atoms with van der Waals surface area (Å²) in [4.78, 5) is 25.4. The van der Waals surface area contributed by atoms with Gasteiger partial charge in [-0.1, -0.05) is 0 Å². The molecular weight excluding hydrogens is 330 g/mol. The summed E-state index contributed by atoms with van der Waals surface area (Å²) in [7, 11) is 0. The second-order valence-electron chi connectivity index (χ2n) is 7.13. The number of carbonyl (C=O) groups excluding carboxylic acids is 1. The van der Waals surface area contributed by atoms with Crippen LogP contribution in [0.25, 0.3) is 0 Å². The molecular formula is C19H23N5O2. The highest BCUT2D eigenvalue weighted by Gasteiger charge is 2.34. The molecule has 2 fully saturated rings. The number of aromatic nitrogens is 3. The highest BCUT2D eigenvalue weighted by atomic mass is 16.5. The molecule has 4 heterocycles. The molecule has 4 rings (SSSR count). The van der Waals surface area contributed by atoms with Crippen molar-refractivity contribution in [3.05, 3.63) is 53.8 Å². The van der Waals surface area contributed by atoms with E-state index in [4.69, 9.17) is 0 Å². The zero-order valence-corrected chi connectivity index (χ0v) is 14.7. The van der Waals surface area contributed by atoms with E-state index in [0.29, 0.717) is 22.1 Å². The van der Waals surface area contributed by atoms with Gasteiger partial charge in [-0.2, -0.15) is 4.73 Å². The van der Waals surface area contributed by atoms with Crippen LogP contribution in [0, 0.1) is 17.0 Å². The van der Waals surface area contributed by atoms with Gasteiger partial charge in [0.25, 0.3) is 5.91 Å². The Morgan fingerprint density at radius 2 is 1.81 bits per heavy atom. The zero-order chi connectivity index (χ0) is 17.9. The summed E-state index contributed by atoms with van der Waals surface area (Å²) in [6.07, 6.45) is 9.58. The lowest BCUT2D eigenvalue weighted by Gasteiger charge is -2.34. The number of nitrogens with zero attached hydrogens (tertiary/aromatic N) is 5. The number of amides is 1. The van der Waals surface area contributed by atoms with Gasteiger partial charge in [0.2, 0.25) is 5.95 Å². The minimum Gasteiger partial charge on any atom is -0.619 e. The number of anilines is 1. The average Bonchev–Trinajstić information content (AvgIpc) is 3.18. The molecule has 0 aromatic carbocycles. The van der Waals surface area contributed by atoms with E-state index in [1.807, 2.05) is 11.0 Å². The van der Waals surface area contributed by atoms with Crippen molar-refractivity contribution in [2.75, 3.05) is 31.1 Å². The fourth-order valence-corrected chi connectivity index (χ4v) is 4.15. The molecule has 2 aromatic heterocycles. The van der Waals surface area contributed by atoms with Crippen molar-refractivity contribution >= 4 is 11.9 Å². The van der Waals surface area contributed by atoms with Gasteiger partial charge >= 0.3 is 0 Å². The molecule has 0 bridgehead atoms. The number of rotatable bonds is 3. The Labute approximate surface area is 152 Å². The van der Waals surface area contributed by atoms with Crippen molar-refractivity contribution in [2.45, 2.75) is 19.3 Å². The second-order valence-corrected chi connectivity index (χ2v) is 7.13. The van der Waals surface area contributed by atoms with Gasteiger partial charge in [-0.15, -0.1) is 0 Å². The molecule has 0 aliphatic carbocycles. The van der Waals surface area contributed by atoms with E-state index in [9.17, 15) is 10.0 Å². The number of piperidine rings is 1. The lowest BCUT2D eigenvalue weighted by molar-refractivity contribution is -0.605. The zero-order valence-electron chi connectivity index (χ0n) is 14.7. The first-order valence-corrected chi connectivity index (χ1v) is 9.21. The second kappa shape index (κ2) is 7.27. The van der Waals surface area contributed by atoms with E-state index in [0.717, 1.165) is 51.4 Å². The van der Waals surface area contributed by atoms with Crippen LogP contribution in [0.2, 0.25) is 0 Å². The van der Waals surface area contributed by atoms with Gasteiger partial charge in [0.05, 0.1) is 0 Å². The monoisotopic (exact) mass is 353 g/mol. The summed E-state index contributed by atoms with van der Waals surface area (Å²) >= 11 is 0. The number of likely N-dealkylation sites (tertiary alicyclic amines) is 1. The van der Waals surface area contributed by atoms with E-state index in [-0.39, 0.29) is 5.91 Å². The number of hydrogen-bond donors (Lipinski definition) is 0. The van der Waals surface area contributed by atoms with Crippen molar-refractivity contribution < 1.29 is 9.52 Å². The van der Waals surface area contributed by atoms with E-state index in [2.05, 4.69) is 14.9 Å². The molecule has 0 radical (unpaired) electrons. The molecule has 2 aliphatic heterocycles. The topological polar surface area (TPSA) is 76.3 Å². The highest BCUT2D eigenvalue weighted by Crippen LogP contribution is 2.33. The molecule has 2 aliphatic rings. The molecule has 0 unspecified atom stereocenters. The summed E-state index contributed by atoms with van der Waals surface area (Å²) in [5.74, 6) is 1.95. The van der Waals surface area contributed by atoms with Gasteiger partial charge in [0, 0.05) is 44.6 Å². The molecule has 2 aromatic rings. The van der Waals surface area contributed by atoms with Crippen molar-refractivity contribution in [2.24, 2.45) is 11.8 Å². The van der Waals surface area contributed by atoms with Crippen LogP contribution in [-0.4, -0.2) is 47.0 Å². The Bertz CT molecular complexity index is 762. The maximum atomic E-state index is 12.6. The normalized spacial score (nSPS) is 21.2. The minimum atomic E-state index is -0.0344. The quantitative estimate of drug-likeness (QED) is 0.617. The fourth-order valence-electron chi connectivity index (χ4n) is 4.15. The van der Waals surface area contributed by atoms with Crippen LogP contribution in [0.3, 0.4) is 0 Å². The molecule has 26 heavy (non-hydrogen) atoms. The van der Waals surface area contributed by atoms with Crippen LogP contribution in [-0.2, 0) is 0 Å². The van der Waals surface area contributed by atoms with Crippen molar-refractivity contribution in [1.29, 1.82) is 0 Å². The third-order valence-electron chi connectivity index (χ3n) is 5.58. The van der Waals surface area contributed by atoms with Crippen molar-refractivity contribution in [3.63, 3.8) is 0 Å². The maximum absolute atomic E-state index is 12.6. The standard InChI is InChI=1S/C19H23N5O2/c25-18(17-3-1-9-24(26)14-17)23-12-6-16(13-23)15-4-10-22(11-5-15)19-20-7-2-8-21-19/h1-3,7-9,14-16H,4-6,10-13H2/t16-/m1/s1. The van der Waals surface area contributed by atoms with Crippen LogP contribution < -0.4 is 9.63 Å². The van der Waals surface area contributed by atoms with E-state index < -0.39 is 0 Å². The Hall–Kier alpha value is -2.70. The lowest BCUT2D eigenvalue weighted by Crippen LogP contribution is -2.38. The minimum absolute atomic E-state index is 0.0344. The van der Waals surface area contributed by atoms with Gasteiger partial charge in [-0.25, -0.2) is 9.97 Å². The predicted octanol–water partition coefficient (Wildman–Crippen LogP) is 1.49. The first-order valence-electron chi connectivity index (χ1n) is 9.21. The Balaban J connectivity index is 1.33. The average molecular weight is 353 g/mol. The Morgan fingerprint density at radius 1 is 1.08 bits per heavy atom. The summed E-state index contributed by atoms with van der Waals surface area (Å²) < 4.78 is 0.683. The highest BCUT2D eigenvalue weighted by molar-refractivity contribution is 5.93. The molecule has 0 spiro atoms. The molecule has 7 nitrogen and oxygen atoms in total. The van der Waals surface area contributed by atoms with Gasteiger partial charge in [0.1, 0.15) is 5.56 Å². The molecule has 7 heteroatoms. The van der Waals surface area contributed by atoms with Gasteiger partial charge in [-0.3, -0.25) is 4.79 Å². The first-order chi connectivity index (χ1) is 12.7. The molecule has 2 saturated heterocycles. The third-order valence-corrected chi connectivity index (χ3v) is 5.58. The summed E-state index contributed by atoms with van der Waals surface area (Å²) in [5.41, 5.74) is 0.471. The number of hydrogen-bond acceptors (Lipinski definition) is 5. The molecule has 1 atom stereocenters. The first kappa shape index (κ1) is 16.8. The molecule has 1 amide bonds. The predicted molar refractivity (Wildman–Crippen MR) is 96.4 cm³/mol. The molecule has 136 valence electrons. The molecule has 0 N–H and O–H groups in total.